The summed E-state index contributed by atoms with van der Waals surface area (Å²) in [6.45, 7) is 2.33. The molecule has 96 valence electrons. The molecule has 3 aromatic rings. The van der Waals surface area contributed by atoms with Gasteiger partial charge in [-0.25, -0.2) is 9.97 Å². The zero-order chi connectivity index (χ0) is 13.4. The van der Waals surface area contributed by atoms with E-state index in [9.17, 15) is 0 Å². The van der Waals surface area contributed by atoms with Crippen LogP contribution < -0.4 is 5.73 Å². The molecule has 0 aliphatic rings. The molecule has 0 aliphatic heterocycles. The minimum atomic E-state index is 0.361. The van der Waals surface area contributed by atoms with Crippen LogP contribution in [0.25, 0.3) is 22.2 Å². The van der Waals surface area contributed by atoms with Crippen molar-refractivity contribution in [3.63, 3.8) is 0 Å². The number of para-hydroxylation sites is 1. The van der Waals surface area contributed by atoms with Gasteiger partial charge in [-0.2, -0.15) is 0 Å². The van der Waals surface area contributed by atoms with E-state index in [4.69, 9.17) is 5.73 Å². The van der Waals surface area contributed by atoms with Crippen LogP contribution in [0.1, 0.15) is 11.5 Å². The molecule has 0 saturated carbocycles. The Labute approximate surface area is 111 Å². The lowest BCUT2D eigenvalue weighted by atomic mass is 10.1. The summed E-state index contributed by atoms with van der Waals surface area (Å²) in [6.07, 6.45) is 2.10. The van der Waals surface area contributed by atoms with E-state index in [1.165, 1.54) is 10.9 Å². The molecule has 19 heavy (non-hydrogen) atoms. The van der Waals surface area contributed by atoms with Crippen molar-refractivity contribution in [1.82, 2.24) is 14.5 Å². The molecule has 2 aromatic heterocycles. The van der Waals surface area contributed by atoms with Crippen molar-refractivity contribution < 1.29 is 0 Å². The topological polar surface area (TPSA) is 56.7 Å². The van der Waals surface area contributed by atoms with E-state index < -0.39 is 0 Å². The zero-order valence-corrected chi connectivity index (χ0v) is 11.1. The third-order valence-corrected chi connectivity index (χ3v) is 3.26. The maximum atomic E-state index is 5.65. The molecular weight excluding hydrogens is 236 g/mol. The van der Waals surface area contributed by atoms with Crippen LogP contribution >= 0.6 is 0 Å². The van der Waals surface area contributed by atoms with E-state index in [0.717, 1.165) is 17.0 Å². The Balaban J connectivity index is 2.27. The highest BCUT2D eigenvalue weighted by atomic mass is 14.9. The van der Waals surface area contributed by atoms with E-state index in [-0.39, 0.29) is 0 Å². The molecule has 0 bridgehead atoms. The van der Waals surface area contributed by atoms with Crippen molar-refractivity contribution in [3.8, 4) is 11.3 Å². The highest BCUT2D eigenvalue weighted by molar-refractivity contribution is 5.95. The number of nitrogens with zero attached hydrogens (tertiary/aromatic N) is 3. The molecule has 3 rings (SSSR count). The predicted molar refractivity (Wildman–Crippen MR) is 76.6 cm³/mol. The van der Waals surface area contributed by atoms with Gasteiger partial charge in [0.2, 0.25) is 0 Å². The van der Waals surface area contributed by atoms with Crippen LogP contribution in [0, 0.1) is 6.92 Å². The average Bonchev–Trinajstić information content (AvgIpc) is 2.76. The van der Waals surface area contributed by atoms with Gasteiger partial charge in [0.25, 0.3) is 0 Å². The standard InChI is InChI=1S/C15H16N4/c1-10-7-13(18-15(8-16)17-10)12-9-19(2)14-6-4-3-5-11(12)14/h3-7,9H,8,16H2,1-2H3. The first-order valence-corrected chi connectivity index (χ1v) is 6.28. The number of hydrogen-bond acceptors (Lipinski definition) is 3. The smallest absolute Gasteiger partial charge is 0.142 e. The molecule has 0 saturated heterocycles. The fourth-order valence-electron chi connectivity index (χ4n) is 2.41. The summed E-state index contributed by atoms with van der Waals surface area (Å²) in [4.78, 5) is 8.86. The Hall–Kier alpha value is -2.20. The van der Waals surface area contributed by atoms with Crippen LogP contribution in [0.3, 0.4) is 0 Å². The van der Waals surface area contributed by atoms with Crippen LogP contribution in [0.15, 0.2) is 36.5 Å². The first-order valence-electron chi connectivity index (χ1n) is 6.28. The Bertz CT molecular complexity index is 743. The van der Waals surface area contributed by atoms with Crippen molar-refractivity contribution >= 4 is 10.9 Å². The van der Waals surface area contributed by atoms with Gasteiger partial charge < -0.3 is 10.3 Å². The minimum absolute atomic E-state index is 0.361. The van der Waals surface area contributed by atoms with Gasteiger partial charge in [0.15, 0.2) is 0 Å². The first-order chi connectivity index (χ1) is 9.19. The van der Waals surface area contributed by atoms with Crippen LogP contribution in [-0.4, -0.2) is 14.5 Å². The number of aromatic nitrogens is 3. The van der Waals surface area contributed by atoms with Crippen LogP contribution in [0.4, 0.5) is 0 Å². The fourth-order valence-corrected chi connectivity index (χ4v) is 2.41. The van der Waals surface area contributed by atoms with Gasteiger partial charge in [-0.05, 0) is 19.1 Å². The Morgan fingerprint density at radius 2 is 2.00 bits per heavy atom. The summed E-state index contributed by atoms with van der Waals surface area (Å²) in [7, 11) is 2.05. The average molecular weight is 252 g/mol. The lowest BCUT2D eigenvalue weighted by molar-refractivity contribution is 0.894. The van der Waals surface area contributed by atoms with Gasteiger partial charge in [0, 0.05) is 35.4 Å². The third-order valence-electron chi connectivity index (χ3n) is 3.26. The summed E-state index contributed by atoms with van der Waals surface area (Å²) < 4.78 is 2.12. The molecule has 4 nitrogen and oxygen atoms in total. The van der Waals surface area contributed by atoms with Crippen molar-refractivity contribution in [2.24, 2.45) is 12.8 Å². The third kappa shape index (κ3) is 2.00. The zero-order valence-electron chi connectivity index (χ0n) is 11.1. The fraction of sp³-hybridized carbons (Fsp3) is 0.200. The molecule has 0 atom stereocenters. The molecule has 0 unspecified atom stereocenters. The number of fused-ring (bicyclic) bond motifs is 1. The van der Waals surface area contributed by atoms with E-state index in [1.807, 2.05) is 32.2 Å². The van der Waals surface area contributed by atoms with Crippen LogP contribution in [0.5, 0.6) is 0 Å². The normalized spacial score (nSPS) is 11.1. The van der Waals surface area contributed by atoms with E-state index in [0.29, 0.717) is 12.4 Å². The van der Waals surface area contributed by atoms with Crippen molar-refractivity contribution in [1.29, 1.82) is 0 Å². The van der Waals surface area contributed by atoms with Crippen molar-refractivity contribution in [3.05, 3.63) is 48.0 Å². The summed E-state index contributed by atoms with van der Waals surface area (Å²) in [6, 6.07) is 10.3. The summed E-state index contributed by atoms with van der Waals surface area (Å²) in [5, 5.41) is 1.20. The van der Waals surface area contributed by atoms with Gasteiger partial charge in [-0.1, -0.05) is 18.2 Å². The van der Waals surface area contributed by atoms with Crippen LogP contribution in [0.2, 0.25) is 0 Å². The molecule has 1 aromatic carbocycles. The largest absolute Gasteiger partial charge is 0.350 e. The Morgan fingerprint density at radius 1 is 1.21 bits per heavy atom. The van der Waals surface area contributed by atoms with E-state index >= 15 is 0 Å². The molecule has 0 aliphatic carbocycles. The highest BCUT2D eigenvalue weighted by Gasteiger charge is 2.10. The molecular formula is C15H16N4. The Morgan fingerprint density at radius 3 is 2.79 bits per heavy atom. The van der Waals surface area contributed by atoms with Crippen molar-refractivity contribution in [2.45, 2.75) is 13.5 Å². The SMILES string of the molecule is Cc1cc(-c2cn(C)c3ccccc23)nc(CN)n1. The summed E-state index contributed by atoms with van der Waals surface area (Å²) in [5.74, 6) is 0.683. The molecule has 2 heterocycles. The predicted octanol–water partition coefficient (Wildman–Crippen LogP) is 2.40. The molecule has 0 spiro atoms. The summed E-state index contributed by atoms with van der Waals surface area (Å²) in [5.41, 5.74) is 9.85. The first kappa shape index (κ1) is 11.9. The maximum absolute atomic E-state index is 5.65. The van der Waals surface area contributed by atoms with Gasteiger partial charge in [-0.15, -0.1) is 0 Å². The molecule has 0 radical (unpaired) electrons. The molecule has 0 fully saturated rings. The summed E-state index contributed by atoms with van der Waals surface area (Å²) >= 11 is 0. The quantitative estimate of drug-likeness (QED) is 0.762. The molecule has 2 N–H and O–H groups in total. The second kappa shape index (κ2) is 4.48. The number of aryl methyl sites for hydroxylation is 2. The number of rotatable bonds is 2. The van der Waals surface area contributed by atoms with Gasteiger partial charge in [0.05, 0.1) is 12.2 Å². The molecule has 0 amide bonds. The highest BCUT2D eigenvalue weighted by Crippen LogP contribution is 2.29. The lowest BCUT2D eigenvalue weighted by Gasteiger charge is -2.03. The van der Waals surface area contributed by atoms with Gasteiger partial charge in [-0.3, -0.25) is 0 Å². The Kier molecular flexibility index (Phi) is 2.80. The van der Waals surface area contributed by atoms with E-state index in [1.54, 1.807) is 0 Å². The van der Waals surface area contributed by atoms with Gasteiger partial charge >= 0.3 is 0 Å². The number of hydrogen-bond donors (Lipinski definition) is 1. The molecule has 4 heteroatoms. The van der Waals surface area contributed by atoms with Gasteiger partial charge in [0.1, 0.15) is 5.82 Å². The second-order valence-electron chi connectivity index (χ2n) is 4.69. The second-order valence-corrected chi connectivity index (χ2v) is 4.69. The van der Waals surface area contributed by atoms with E-state index in [2.05, 4.69) is 32.9 Å². The van der Waals surface area contributed by atoms with Crippen molar-refractivity contribution in [2.75, 3.05) is 0 Å². The maximum Gasteiger partial charge on any atom is 0.142 e. The monoisotopic (exact) mass is 252 g/mol. The number of nitrogens with two attached hydrogens (primary N) is 1. The lowest BCUT2D eigenvalue weighted by Crippen LogP contribution is -2.04. The number of benzene rings is 1. The minimum Gasteiger partial charge on any atom is -0.350 e. The van der Waals surface area contributed by atoms with Crippen LogP contribution in [-0.2, 0) is 13.6 Å².